The van der Waals surface area contributed by atoms with E-state index in [1.165, 1.54) is 13.8 Å². The van der Waals surface area contributed by atoms with Crippen LogP contribution in [-0.2, 0) is 9.53 Å². The van der Waals surface area contributed by atoms with Crippen LogP contribution in [0, 0.1) is 0 Å². The molecule has 0 aliphatic rings. The first-order chi connectivity index (χ1) is 7.52. The number of hydrogen-bond acceptors (Lipinski definition) is 3. The van der Waals surface area contributed by atoms with E-state index in [0.29, 0.717) is 5.57 Å². The number of hydrogen-bond donors (Lipinski definition) is 0. The van der Waals surface area contributed by atoms with Crippen LogP contribution in [0.2, 0.25) is 0 Å². The van der Waals surface area contributed by atoms with Gasteiger partial charge in [0.15, 0.2) is 0 Å². The van der Waals surface area contributed by atoms with Crippen LogP contribution >= 0.6 is 0 Å². The Hall–Kier alpha value is -1.71. The quantitative estimate of drug-likeness (QED) is 0.584. The molecular formula is C12H14FNO2. The van der Waals surface area contributed by atoms with Crippen molar-refractivity contribution in [1.82, 2.24) is 4.98 Å². The third-order valence-electron chi connectivity index (χ3n) is 2.06. The van der Waals surface area contributed by atoms with E-state index in [4.69, 9.17) is 4.74 Å². The van der Waals surface area contributed by atoms with E-state index in [-0.39, 0.29) is 0 Å². The van der Waals surface area contributed by atoms with Crippen molar-refractivity contribution in [2.45, 2.75) is 26.9 Å². The van der Waals surface area contributed by atoms with Gasteiger partial charge in [-0.15, -0.1) is 0 Å². The highest BCUT2D eigenvalue weighted by molar-refractivity contribution is 5.86. The number of nitrogens with zero attached hydrogens (tertiary/aromatic N) is 1. The summed E-state index contributed by atoms with van der Waals surface area (Å²) >= 11 is 0. The molecule has 0 aromatic carbocycles. The van der Waals surface area contributed by atoms with Crippen molar-refractivity contribution in [3.05, 3.63) is 41.5 Å². The van der Waals surface area contributed by atoms with Crippen LogP contribution in [0.5, 0.6) is 0 Å². The summed E-state index contributed by atoms with van der Waals surface area (Å²) in [6.07, 6.45) is 2.69. The lowest BCUT2D eigenvalue weighted by Gasteiger charge is -2.12. The van der Waals surface area contributed by atoms with E-state index in [2.05, 4.69) is 4.98 Å². The van der Waals surface area contributed by atoms with Crippen LogP contribution in [0.15, 0.2) is 35.9 Å². The number of carbonyl (C=O) groups is 1. The Labute approximate surface area is 94.0 Å². The molecule has 0 aliphatic carbocycles. The standard InChI is InChI=1S/C12H14FNO2/c1-8(2)11(13)12(15)16-9(3)10-5-4-6-14-7-10/h4-7,9H,1-3H3/t9-/m1/s1. The molecule has 0 aliphatic heterocycles. The molecule has 1 rings (SSSR count). The predicted octanol–water partition coefficient (Wildman–Crippen LogP) is 2.95. The van der Waals surface area contributed by atoms with Crippen LogP contribution < -0.4 is 0 Å². The number of carbonyl (C=O) groups excluding carboxylic acids is 1. The molecule has 0 unspecified atom stereocenters. The van der Waals surface area contributed by atoms with Gasteiger partial charge in [0.2, 0.25) is 5.83 Å². The van der Waals surface area contributed by atoms with Gasteiger partial charge in [0, 0.05) is 18.0 Å². The average Bonchev–Trinajstić information content (AvgIpc) is 2.28. The summed E-state index contributed by atoms with van der Waals surface area (Å²) in [5.74, 6) is -1.77. The summed E-state index contributed by atoms with van der Waals surface area (Å²) in [5, 5.41) is 0. The molecule has 1 aromatic rings. The van der Waals surface area contributed by atoms with Crippen molar-refractivity contribution in [2.75, 3.05) is 0 Å². The first-order valence-corrected chi connectivity index (χ1v) is 4.96. The molecule has 0 N–H and O–H groups in total. The second-order valence-corrected chi connectivity index (χ2v) is 3.65. The number of allylic oxidation sites excluding steroid dienone is 1. The molecule has 0 bridgehead atoms. The Balaban J connectivity index is 2.70. The van der Waals surface area contributed by atoms with Crippen molar-refractivity contribution in [3.63, 3.8) is 0 Å². The predicted molar refractivity (Wildman–Crippen MR) is 58.2 cm³/mol. The van der Waals surface area contributed by atoms with Crippen LogP contribution in [0.3, 0.4) is 0 Å². The number of ether oxygens (including phenoxy) is 1. The Morgan fingerprint density at radius 2 is 2.19 bits per heavy atom. The van der Waals surface area contributed by atoms with E-state index < -0.39 is 17.9 Å². The molecule has 16 heavy (non-hydrogen) atoms. The molecule has 1 aromatic heterocycles. The maximum atomic E-state index is 13.2. The van der Waals surface area contributed by atoms with E-state index in [1.54, 1.807) is 31.5 Å². The number of esters is 1. The lowest BCUT2D eigenvalue weighted by atomic mass is 10.2. The molecule has 0 saturated heterocycles. The number of rotatable bonds is 3. The fraction of sp³-hybridized carbons (Fsp3) is 0.333. The normalized spacial score (nSPS) is 11.8. The second kappa shape index (κ2) is 5.39. The lowest BCUT2D eigenvalue weighted by Crippen LogP contribution is -2.10. The molecule has 0 fully saturated rings. The highest BCUT2D eigenvalue weighted by atomic mass is 19.1. The number of pyridine rings is 1. The number of halogens is 1. The summed E-state index contributed by atoms with van der Waals surface area (Å²) in [6, 6.07) is 3.50. The molecule has 0 radical (unpaired) electrons. The fourth-order valence-electron chi connectivity index (χ4n) is 1.10. The molecule has 86 valence electrons. The summed E-state index contributed by atoms with van der Waals surface area (Å²) in [5.41, 5.74) is 1.04. The third-order valence-corrected chi connectivity index (χ3v) is 2.06. The maximum absolute atomic E-state index is 13.2. The zero-order valence-electron chi connectivity index (χ0n) is 9.53. The summed E-state index contributed by atoms with van der Waals surface area (Å²) in [7, 11) is 0. The van der Waals surface area contributed by atoms with Gasteiger partial charge in [0.1, 0.15) is 6.10 Å². The Bertz CT molecular complexity index is 397. The van der Waals surface area contributed by atoms with E-state index in [0.717, 1.165) is 5.56 Å². The minimum Gasteiger partial charge on any atom is -0.452 e. The fourth-order valence-corrected chi connectivity index (χ4v) is 1.10. The molecule has 0 saturated carbocycles. The Morgan fingerprint density at radius 1 is 1.50 bits per heavy atom. The van der Waals surface area contributed by atoms with Crippen molar-refractivity contribution < 1.29 is 13.9 Å². The molecular weight excluding hydrogens is 209 g/mol. The number of aromatic nitrogens is 1. The Kier molecular flexibility index (Phi) is 4.17. The Morgan fingerprint density at radius 3 is 2.69 bits per heavy atom. The van der Waals surface area contributed by atoms with Gasteiger partial charge in [0.05, 0.1) is 0 Å². The van der Waals surface area contributed by atoms with E-state index in [9.17, 15) is 9.18 Å². The molecule has 3 nitrogen and oxygen atoms in total. The van der Waals surface area contributed by atoms with Gasteiger partial charge < -0.3 is 4.74 Å². The zero-order valence-corrected chi connectivity index (χ0v) is 9.53. The van der Waals surface area contributed by atoms with Gasteiger partial charge in [-0.05, 0) is 32.4 Å². The summed E-state index contributed by atoms with van der Waals surface area (Å²) in [4.78, 5) is 15.2. The van der Waals surface area contributed by atoms with Crippen LogP contribution in [-0.4, -0.2) is 11.0 Å². The first kappa shape index (κ1) is 12.4. The van der Waals surface area contributed by atoms with Crippen molar-refractivity contribution >= 4 is 5.97 Å². The van der Waals surface area contributed by atoms with Crippen molar-refractivity contribution in [1.29, 1.82) is 0 Å². The van der Waals surface area contributed by atoms with E-state index >= 15 is 0 Å². The molecule has 0 spiro atoms. The van der Waals surface area contributed by atoms with Crippen molar-refractivity contribution in [3.8, 4) is 0 Å². The molecule has 1 heterocycles. The minimum absolute atomic E-state index is 0.309. The van der Waals surface area contributed by atoms with Gasteiger partial charge in [-0.25, -0.2) is 4.79 Å². The molecule has 0 amide bonds. The zero-order chi connectivity index (χ0) is 12.1. The molecule has 4 heteroatoms. The minimum atomic E-state index is -0.934. The first-order valence-electron chi connectivity index (χ1n) is 4.96. The van der Waals surface area contributed by atoms with Gasteiger partial charge >= 0.3 is 5.97 Å². The monoisotopic (exact) mass is 223 g/mol. The average molecular weight is 223 g/mol. The SMILES string of the molecule is CC(C)=C(F)C(=O)O[C@H](C)c1cccnc1. The second-order valence-electron chi connectivity index (χ2n) is 3.65. The third kappa shape index (κ3) is 3.15. The molecule has 1 atom stereocenters. The highest BCUT2D eigenvalue weighted by Crippen LogP contribution is 2.18. The maximum Gasteiger partial charge on any atom is 0.367 e. The van der Waals surface area contributed by atoms with Gasteiger partial charge in [-0.2, -0.15) is 4.39 Å². The highest BCUT2D eigenvalue weighted by Gasteiger charge is 2.16. The largest absolute Gasteiger partial charge is 0.452 e. The van der Waals surface area contributed by atoms with Crippen molar-refractivity contribution in [2.24, 2.45) is 0 Å². The van der Waals surface area contributed by atoms with Gasteiger partial charge in [-0.3, -0.25) is 4.98 Å². The lowest BCUT2D eigenvalue weighted by molar-refractivity contribution is -0.145. The van der Waals surface area contributed by atoms with Crippen LogP contribution in [0.25, 0.3) is 0 Å². The van der Waals surface area contributed by atoms with Crippen LogP contribution in [0.4, 0.5) is 4.39 Å². The summed E-state index contributed by atoms with van der Waals surface area (Å²) in [6.45, 7) is 4.71. The van der Waals surface area contributed by atoms with Gasteiger partial charge in [0.25, 0.3) is 0 Å². The smallest absolute Gasteiger partial charge is 0.367 e. The van der Waals surface area contributed by atoms with E-state index in [1.807, 2.05) is 0 Å². The van der Waals surface area contributed by atoms with Gasteiger partial charge in [-0.1, -0.05) is 6.07 Å². The van der Waals surface area contributed by atoms with Crippen LogP contribution in [0.1, 0.15) is 32.4 Å². The topological polar surface area (TPSA) is 39.2 Å². The summed E-state index contributed by atoms with van der Waals surface area (Å²) < 4.78 is 18.1.